The van der Waals surface area contributed by atoms with Crippen molar-refractivity contribution in [2.45, 2.75) is 26.2 Å². The van der Waals surface area contributed by atoms with Gasteiger partial charge >= 0.3 is 5.97 Å². The van der Waals surface area contributed by atoms with E-state index >= 15 is 0 Å². The van der Waals surface area contributed by atoms with Crippen LogP contribution in [0.3, 0.4) is 0 Å². The number of aromatic nitrogens is 1. The second-order valence-corrected chi connectivity index (χ2v) is 5.56. The minimum Gasteiger partial charge on any atom is -0.477 e. The number of halogens is 1. The summed E-state index contributed by atoms with van der Waals surface area (Å²) in [5, 5.41) is 9.58. The van der Waals surface area contributed by atoms with Crippen LogP contribution in [0.15, 0.2) is 48.3 Å². The van der Waals surface area contributed by atoms with E-state index in [-0.39, 0.29) is 11.5 Å². The first kappa shape index (κ1) is 15.3. The molecule has 2 N–H and O–H groups in total. The van der Waals surface area contributed by atoms with E-state index in [1.807, 2.05) is 37.3 Å². The molecule has 2 aromatic rings. The van der Waals surface area contributed by atoms with Crippen LogP contribution in [0.4, 0.5) is 4.39 Å². The maximum absolute atomic E-state index is 13.3. The molecule has 0 saturated heterocycles. The number of aromatic carboxylic acids is 1. The molecule has 3 rings (SSSR count). The summed E-state index contributed by atoms with van der Waals surface area (Å²) in [6, 6.07) is 9.68. The molecule has 23 heavy (non-hydrogen) atoms. The van der Waals surface area contributed by atoms with Gasteiger partial charge in [0.05, 0.1) is 0 Å². The second-order valence-electron chi connectivity index (χ2n) is 5.56. The maximum Gasteiger partial charge on any atom is 0.352 e. The minimum atomic E-state index is -0.993. The van der Waals surface area contributed by atoms with E-state index in [9.17, 15) is 14.3 Å². The van der Waals surface area contributed by atoms with Crippen molar-refractivity contribution in [3.05, 3.63) is 65.1 Å². The van der Waals surface area contributed by atoms with Crippen molar-refractivity contribution in [2.24, 2.45) is 0 Å². The number of benzene rings is 1. The zero-order valence-electron chi connectivity index (χ0n) is 12.9. The Morgan fingerprint density at radius 2 is 1.96 bits per heavy atom. The Kier molecular flexibility index (Phi) is 4.15. The van der Waals surface area contributed by atoms with Gasteiger partial charge in [-0.1, -0.05) is 43.3 Å². The molecule has 1 aromatic heterocycles. The highest BCUT2D eigenvalue weighted by Crippen LogP contribution is 2.37. The second kappa shape index (κ2) is 6.24. The molecule has 1 heterocycles. The molecule has 0 fully saturated rings. The molecule has 0 amide bonds. The number of hydrogen-bond donors (Lipinski definition) is 2. The lowest BCUT2D eigenvalue weighted by molar-refractivity contribution is 0.0691. The third-order valence-corrected chi connectivity index (χ3v) is 4.15. The fourth-order valence-electron chi connectivity index (χ4n) is 3.08. The molecule has 3 nitrogen and oxygen atoms in total. The predicted octanol–water partition coefficient (Wildman–Crippen LogP) is 4.97. The van der Waals surface area contributed by atoms with E-state index in [1.54, 1.807) is 6.08 Å². The van der Waals surface area contributed by atoms with Crippen LogP contribution in [0.5, 0.6) is 0 Å². The summed E-state index contributed by atoms with van der Waals surface area (Å²) in [5.41, 5.74) is 4.52. The van der Waals surface area contributed by atoms with Crippen LogP contribution in [0.25, 0.3) is 16.8 Å². The molecule has 0 aliphatic heterocycles. The standard InChI is InChI=1S/C19H18FNO2/c1-2-15-16(12-8-10-14(20)11-9-12)18(19(22)23)21-17(15)13-6-4-3-5-7-13/h3-8,10,21H,2,9,11H2,1H3,(H,22,23). The number of allylic oxidation sites excluding steroid dienone is 4. The number of nitrogens with one attached hydrogen (secondary N) is 1. The quantitative estimate of drug-likeness (QED) is 0.837. The van der Waals surface area contributed by atoms with Crippen molar-refractivity contribution in [1.29, 1.82) is 0 Å². The van der Waals surface area contributed by atoms with Gasteiger partial charge in [-0.25, -0.2) is 9.18 Å². The van der Waals surface area contributed by atoms with Crippen LogP contribution < -0.4 is 0 Å². The smallest absolute Gasteiger partial charge is 0.352 e. The highest BCUT2D eigenvalue weighted by atomic mass is 19.1. The van der Waals surface area contributed by atoms with Crippen molar-refractivity contribution >= 4 is 11.5 Å². The Balaban J connectivity index is 2.22. The maximum atomic E-state index is 13.3. The molecule has 118 valence electrons. The van der Waals surface area contributed by atoms with Gasteiger partial charge in [0.2, 0.25) is 0 Å². The van der Waals surface area contributed by atoms with Gasteiger partial charge in [-0.15, -0.1) is 0 Å². The number of hydrogen-bond acceptors (Lipinski definition) is 1. The summed E-state index contributed by atoms with van der Waals surface area (Å²) in [6.07, 6.45) is 4.66. The van der Waals surface area contributed by atoms with E-state index in [0.29, 0.717) is 24.8 Å². The molecule has 1 aliphatic carbocycles. The van der Waals surface area contributed by atoms with E-state index in [4.69, 9.17) is 0 Å². The van der Waals surface area contributed by atoms with Crippen LogP contribution in [0.1, 0.15) is 41.4 Å². The molecular weight excluding hydrogens is 293 g/mol. The monoisotopic (exact) mass is 311 g/mol. The molecule has 0 spiro atoms. The molecule has 0 radical (unpaired) electrons. The Morgan fingerprint density at radius 1 is 1.22 bits per heavy atom. The summed E-state index contributed by atoms with van der Waals surface area (Å²) in [5.74, 6) is -1.16. The number of carbonyl (C=O) groups is 1. The van der Waals surface area contributed by atoms with E-state index < -0.39 is 5.97 Å². The van der Waals surface area contributed by atoms with Crippen LogP contribution in [-0.2, 0) is 6.42 Å². The molecule has 1 aromatic carbocycles. The van der Waals surface area contributed by atoms with Gasteiger partial charge in [0, 0.05) is 17.7 Å². The molecule has 0 unspecified atom stereocenters. The van der Waals surface area contributed by atoms with E-state index in [2.05, 4.69) is 4.98 Å². The molecule has 4 heteroatoms. The Morgan fingerprint density at radius 3 is 2.52 bits per heavy atom. The van der Waals surface area contributed by atoms with Gasteiger partial charge in [0.15, 0.2) is 0 Å². The van der Waals surface area contributed by atoms with Gasteiger partial charge in [-0.05, 0) is 35.6 Å². The number of aromatic amines is 1. The summed E-state index contributed by atoms with van der Waals surface area (Å²) in [4.78, 5) is 14.8. The Labute approximate surface area is 134 Å². The van der Waals surface area contributed by atoms with Crippen LogP contribution in [0, 0.1) is 0 Å². The largest absolute Gasteiger partial charge is 0.477 e. The van der Waals surface area contributed by atoms with Crippen molar-refractivity contribution in [3.63, 3.8) is 0 Å². The van der Waals surface area contributed by atoms with Gasteiger partial charge in [0.25, 0.3) is 0 Å². The number of H-pyrrole nitrogens is 1. The van der Waals surface area contributed by atoms with Crippen molar-refractivity contribution in [2.75, 3.05) is 0 Å². The molecule has 0 atom stereocenters. The third kappa shape index (κ3) is 2.84. The first-order valence-corrected chi connectivity index (χ1v) is 7.71. The average molecular weight is 311 g/mol. The molecule has 0 saturated carbocycles. The van der Waals surface area contributed by atoms with Crippen molar-refractivity contribution < 1.29 is 14.3 Å². The lowest BCUT2D eigenvalue weighted by Crippen LogP contribution is -2.03. The number of carboxylic acids is 1. The van der Waals surface area contributed by atoms with Gasteiger partial charge in [-0.2, -0.15) is 0 Å². The zero-order chi connectivity index (χ0) is 16.4. The topological polar surface area (TPSA) is 53.1 Å². The third-order valence-electron chi connectivity index (χ3n) is 4.15. The normalized spacial score (nSPS) is 14.3. The van der Waals surface area contributed by atoms with Gasteiger partial charge in [0.1, 0.15) is 11.5 Å². The van der Waals surface area contributed by atoms with Crippen LogP contribution >= 0.6 is 0 Å². The first-order valence-electron chi connectivity index (χ1n) is 7.71. The highest BCUT2D eigenvalue weighted by Gasteiger charge is 2.24. The molecule has 1 aliphatic rings. The zero-order valence-corrected chi connectivity index (χ0v) is 12.9. The Hall–Kier alpha value is -2.62. The lowest BCUT2D eigenvalue weighted by atomic mass is 9.91. The average Bonchev–Trinajstić information content (AvgIpc) is 2.96. The van der Waals surface area contributed by atoms with Crippen LogP contribution in [0.2, 0.25) is 0 Å². The number of carboxylic acid groups (broad SMARTS) is 1. The molecular formula is C19H18FNO2. The summed E-state index contributed by atoms with van der Waals surface area (Å²) >= 11 is 0. The summed E-state index contributed by atoms with van der Waals surface area (Å²) in [7, 11) is 0. The lowest BCUT2D eigenvalue weighted by Gasteiger charge is -2.13. The van der Waals surface area contributed by atoms with Crippen molar-refractivity contribution in [3.8, 4) is 11.3 Å². The fourth-order valence-corrected chi connectivity index (χ4v) is 3.08. The van der Waals surface area contributed by atoms with E-state index in [0.717, 1.165) is 22.4 Å². The van der Waals surface area contributed by atoms with Gasteiger partial charge < -0.3 is 10.1 Å². The number of rotatable bonds is 4. The van der Waals surface area contributed by atoms with Crippen molar-refractivity contribution in [1.82, 2.24) is 4.98 Å². The fraction of sp³-hybridized carbons (Fsp3) is 0.211. The summed E-state index contributed by atoms with van der Waals surface area (Å²) in [6.45, 7) is 2.00. The first-order chi connectivity index (χ1) is 11.1. The Bertz CT molecular complexity index is 800. The minimum absolute atomic E-state index is 0.164. The van der Waals surface area contributed by atoms with Crippen LogP contribution in [-0.4, -0.2) is 16.1 Å². The predicted molar refractivity (Wildman–Crippen MR) is 89.0 cm³/mol. The van der Waals surface area contributed by atoms with E-state index in [1.165, 1.54) is 6.08 Å². The summed E-state index contributed by atoms with van der Waals surface area (Å²) < 4.78 is 13.3. The SMILES string of the molecule is CCc1c(-c2ccccc2)[nH]c(C(=O)O)c1C1=CC=C(F)CC1. The highest BCUT2D eigenvalue weighted by molar-refractivity contribution is 5.96. The molecule has 0 bridgehead atoms. The van der Waals surface area contributed by atoms with Gasteiger partial charge in [-0.3, -0.25) is 0 Å².